The molecule has 1 aliphatic rings. The Labute approximate surface area is 86.2 Å². The summed E-state index contributed by atoms with van der Waals surface area (Å²) in [5, 5.41) is 0. The van der Waals surface area contributed by atoms with E-state index < -0.39 is 0 Å². The van der Waals surface area contributed by atoms with Crippen molar-refractivity contribution in [1.82, 2.24) is 0 Å². The van der Waals surface area contributed by atoms with Gasteiger partial charge in [0, 0.05) is 24.3 Å². The number of aliphatic imine (C=N–C) groups is 2. The predicted molar refractivity (Wildman–Crippen MR) is 62.8 cm³/mol. The highest BCUT2D eigenvalue weighted by Gasteiger charge is 2.14. The Morgan fingerprint density at radius 1 is 1.07 bits per heavy atom. The van der Waals surface area contributed by atoms with E-state index in [0.717, 1.165) is 5.71 Å². The molecule has 1 rings (SSSR count). The van der Waals surface area contributed by atoms with Crippen LogP contribution in [0.4, 0.5) is 0 Å². The van der Waals surface area contributed by atoms with Gasteiger partial charge < -0.3 is 0 Å². The van der Waals surface area contributed by atoms with Crippen LogP contribution in [0.5, 0.6) is 0 Å². The first-order valence-corrected chi connectivity index (χ1v) is 5.09. The van der Waals surface area contributed by atoms with Gasteiger partial charge in [-0.3, -0.25) is 9.98 Å². The van der Waals surface area contributed by atoms with Crippen LogP contribution in [0.1, 0.15) is 27.7 Å². The van der Waals surface area contributed by atoms with Crippen molar-refractivity contribution in [3.05, 3.63) is 24.0 Å². The van der Waals surface area contributed by atoms with E-state index >= 15 is 0 Å². The summed E-state index contributed by atoms with van der Waals surface area (Å²) in [5.74, 6) is 0.918. The van der Waals surface area contributed by atoms with Gasteiger partial charge in [-0.05, 0) is 23.5 Å². The van der Waals surface area contributed by atoms with Crippen LogP contribution in [-0.4, -0.2) is 11.9 Å². The lowest BCUT2D eigenvalue weighted by molar-refractivity contribution is 0.771. The Kier molecular flexibility index (Phi) is 3.81. The minimum atomic E-state index is 0.446. The van der Waals surface area contributed by atoms with E-state index in [0.29, 0.717) is 11.8 Å². The molecule has 0 aromatic heterocycles. The third kappa shape index (κ3) is 2.66. The van der Waals surface area contributed by atoms with E-state index in [9.17, 15) is 0 Å². The lowest BCUT2D eigenvalue weighted by Crippen LogP contribution is -2.15. The monoisotopic (exact) mass is 190 g/mol. The van der Waals surface area contributed by atoms with Crippen LogP contribution >= 0.6 is 0 Å². The van der Waals surface area contributed by atoms with Crippen molar-refractivity contribution in [2.24, 2.45) is 21.8 Å². The van der Waals surface area contributed by atoms with Crippen LogP contribution in [0.15, 0.2) is 34.0 Å². The van der Waals surface area contributed by atoms with Crippen molar-refractivity contribution < 1.29 is 0 Å². The van der Waals surface area contributed by atoms with Crippen LogP contribution in [-0.2, 0) is 0 Å². The van der Waals surface area contributed by atoms with Crippen molar-refractivity contribution >= 4 is 11.9 Å². The lowest BCUT2D eigenvalue weighted by Gasteiger charge is -2.16. The van der Waals surface area contributed by atoms with E-state index in [-0.39, 0.29) is 0 Å². The summed E-state index contributed by atoms with van der Waals surface area (Å²) in [6, 6.07) is 0. The molecule has 1 aliphatic heterocycles. The molecule has 0 saturated heterocycles. The molecular weight excluding hydrogens is 172 g/mol. The Hall–Kier alpha value is -1.18. The standard InChI is InChI=1S/C12H18N2/c1-9(2)11-8-13-6-5-7-14-12(11)10(3)4/h5-10H,1-4H3/b6-5?,7-5-,11-8-,12-11?,13-6+,13-8?,14-7?,14-12+. The van der Waals surface area contributed by atoms with Crippen LogP contribution in [0.25, 0.3) is 0 Å². The molecule has 0 N–H and O–H groups in total. The highest BCUT2D eigenvalue weighted by atomic mass is 14.8. The second kappa shape index (κ2) is 4.89. The Balaban J connectivity index is 3.06. The molecule has 0 atom stereocenters. The zero-order chi connectivity index (χ0) is 10.6. The molecule has 0 amide bonds. The van der Waals surface area contributed by atoms with E-state index in [1.165, 1.54) is 5.57 Å². The minimum Gasteiger partial charge on any atom is -0.264 e. The largest absolute Gasteiger partial charge is 0.264 e. The maximum absolute atomic E-state index is 4.46. The molecule has 0 aromatic carbocycles. The van der Waals surface area contributed by atoms with E-state index in [1.54, 1.807) is 6.21 Å². The maximum Gasteiger partial charge on any atom is 0.0478 e. The smallest absolute Gasteiger partial charge is 0.0478 e. The molecular formula is C12H18N2. The third-order valence-corrected chi connectivity index (χ3v) is 2.15. The second-order valence-corrected chi connectivity index (χ2v) is 4.05. The zero-order valence-corrected chi connectivity index (χ0v) is 9.36. The molecule has 2 nitrogen and oxygen atoms in total. The molecule has 0 bridgehead atoms. The highest BCUT2D eigenvalue weighted by Crippen LogP contribution is 2.18. The van der Waals surface area contributed by atoms with Crippen LogP contribution < -0.4 is 0 Å². The average Bonchev–Trinajstić information content (AvgIpc) is 2.01. The normalized spacial score (nSPS) is 28.7. The van der Waals surface area contributed by atoms with Crippen LogP contribution in [0.3, 0.4) is 0 Å². The SMILES string of the molecule is CC(C)C1=C/N=C/C=C\N=C\1C(C)C. The van der Waals surface area contributed by atoms with Gasteiger partial charge in [0.15, 0.2) is 0 Å². The number of rotatable bonds is 2. The summed E-state index contributed by atoms with van der Waals surface area (Å²) >= 11 is 0. The van der Waals surface area contributed by atoms with E-state index in [2.05, 4.69) is 37.7 Å². The topological polar surface area (TPSA) is 24.7 Å². The molecule has 0 saturated carbocycles. The van der Waals surface area contributed by atoms with Gasteiger partial charge in [0.2, 0.25) is 0 Å². The molecule has 76 valence electrons. The van der Waals surface area contributed by atoms with Crippen molar-refractivity contribution in [2.75, 3.05) is 0 Å². The fourth-order valence-electron chi connectivity index (χ4n) is 1.40. The summed E-state index contributed by atoms with van der Waals surface area (Å²) in [4.78, 5) is 8.67. The molecule has 0 radical (unpaired) electrons. The second-order valence-electron chi connectivity index (χ2n) is 4.05. The lowest BCUT2D eigenvalue weighted by atomic mass is 9.92. The summed E-state index contributed by atoms with van der Waals surface area (Å²) in [5.41, 5.74) is 2.38. The Bertz CT molecular complexity index is 272. The van der Waals surface area contributed by atoms with Crippen LogP contribution in [0, 0.1) is 11.8 Å². The maximum atomic E-state index is 4.46. The van der Waals surface area contributed by atoms with Gasteiger partial charge in [0.1, 0.15) is 0 Å². The molecule has 0 aromatic rings. The van der Waals surface area contributed by atoms with E-state index in [4.69, 9.17) is 0 Å². The molecule has 2 heteroatoms. The van der Waals surface area contributed by atoms with Gasteiger partial charge in [0.05, 0.1) is 0 Å². The first-order valence-electron chi connectivity index (χ1n) is 5.09. The molecule has 1 heterocycles. The fraction of sp³-hybridized carbons (Fsp3) is 0.500. The molecule has 0 aliphatic carbocycles. The van der Waals surface area contributed by atoms with Gasteiger partial charge in [-0.15, -0.1) is 0 Å². The highest BCUT2D eigenvalue weighted by molar-refractivity contribution is 6.02. The molecule has 0 unspecified atom stereocenters. The van der Waals surface area contributed by atoms with Gasteiger partial charge in [-0.1, -0.05) is 27.7 Å². The Morgan fingerprint density at radius 2 is 1.79 bits per heavy atom. The minimum absolute atomic E-state index is 0.446. The number of hydrogen-bond donors (Lipinski definition) is 0. The Morgan fingerprint density at radius 3 is 2.36 bits per heavy atom. The van der Waals surface area contributed by atoms with Gasteiger partial charge in [-0.25, -0.2) is 0 Å². The number of allylic oxidation sites excluding steroid dienone is 2. The van der Waals surface area contributed by atoms with Gasteiger partial charge >= 0.3 is 0 Å². The summed E-state index contributed by atoms with van der Waals surface area (Å²) in [7, 11) is 0. The van der Waals surface area contributed by atoms with Gasteiger partial charge in [0.25, 0.3) is 0 Å². The van der Waals surface area contributed by atoms with Crippen molar-refractivity contribution in [3.8, 4) is 0 Å². The average molecular weight is 190 g/mol. The summed E-state index contributed by atoms with van der Waals surface area (Å²) in [6.07, 6.45) is 7.36. The molecule has 0 spiro atoms. The van der Waals surface area contributed by atoms with E-state index in [1.807, 2.05) is 18.5 Å². The first-order chi connectivity index (χ1) is 6.63. The van der Waals surface area contributed by atoms with Crippen molar-refractivity contribution in [1.29, 1.82) is 0 Å². The number of hydrogen-bond acceptors (Lipinski definition) is 2. The zero-order valence-electron chi connectivity index (χ0n) is 9.36. The summed E-state index contributed by atoms with van der Waals surface area (Å²) in [6.45, 7) is 8.66. The fourth-order valence-corrected chi connectivity index (χ4v) is 1.40. The first kappa shape index (κ1) is 10.9. The van der Waals surface area contributed by atoms with Crippen molar-refractivity contribution in [2.45, 2.75) is 27.7 Å². The quantitative estimate of drug-likeness (QED) is 0.638. The summed E-state index contributed by atoms with van der Waals surface area (Å²) < 4.78 is 0. The van der Waals surface area contributed by atoms with Crippen molar-refractivity contribution in [3.63, 3.8) is 0 Å². The molecule has 0 fully saturated rings. The third-order valence-electron chi connectivity index (χ3n) is 2.15. The van der Waals surface area contributed by atoms with Crippen LogP contribution in [0.2, 0.25) is 0 Å². The number of nitrogens with zero attached hydrogens (tertiary/aromatic N) is 2. The van der Waals surface area contributed by atoms with Gasteiger partial charge in [-0.2, -0.15) is 0 Å². The predicted octanol–water partition coefficient (Wildman–Crippen LogP) is 3.22. The molecule has 14 heavy (non-hydrogen) atoms.